The molecule has 0 fully saturated rings. The molecule has 0 heterocycles. The van der Waals surface area contributed by atoms with Crippen molar-refractivity contribution in [2.45, 2.75) is 110 Å². The summed E-state index contributed by atoms with van der Waals surface area (Å²) >= 11 is 0. The van der Waals surface area contributed by atoms with Gasteiger partial charge in [0.2, 0.25) is 5.91 Å². The molecular weight excluding hydrogens is 424 g/mol. The van der Waals surface area contributed by atoms with E-state index >= 15 is 0 Å². The molecule has 0 bridgehead atoms. The summed E-state index contributed by atoms with van der Waals surface area (Å²) in [6, 6.07) is 0. The van der Waals surface area contributed by atoms with Crippen LogP contribution in [-0.2, 0) is 4.79 Å². The third-order valence-electron chi connectivity index (χ3n) is 5.72. The number of carbonyl (C=O) groups excluding carboxylic acids is 1. The van der Waals surface area contributed by atoms with Crippen molar-refractivity contribution in [1.29, 1.82) is 0 Å². The maximum absolute atomic E-state index is 12.0. The lowest BCUT2D eigenvalue weighted by atomic mass is 10.1. The van der Waals surface area contributed by atoms with Crippen LogP contribution in [0.2, 0.25) is 0 Å². The second-order valence-corrected chi connectivity index (χ2v) is 9.16. The van der Waals surface area contributed by atoms with Gasteiger partial charge in [0.1, 0.15) is 0 Å². The van der Waals surface area contributed by atoms with Crippen molar-refractivity contribution in [1.82, 2.24) is 5.32 Å². The number of hydrogen-bond acceptors (Lipinski definition) is 1. The normalized spacial score (nSPS) is 11.1. The number of halogens is 1. The first-order valence-electron chi connectivity index (χ1n) is 12.2. The smallest absolute Gasteiger partial charge is 0.220 e. The van der Waals surface area contributed by atoms with E-state index in [4.69, 9.17) is 0 Å². The summed E-state index contributed by atoms with van der Waals surface area (Å²) in [5.41, 5.74) is 0. The standard InChI is InChI=1S/C25H50N2O.BrH/c1-5-7-9-11-13-15-17-19-21-25(28)26-22-24-27(3,4)23-20-18-16-14-12-10-8-6-2;/h5H,1,6-24H2,2-4H3;1H/p+1. The first-order chi connectivity index (χ1) is 13.5. The summed E-state index contributed by atoms with van der Waals surface area (Å²) in [6.07, 6.45) is 22.1. The third kappa shape index (κ3) is 23.8. The average Bonchev–Trinajstić information content (AvgIpc) is 2.66. The fraction of sp³-hybridized carbons (Fsp3) is 0.880. The number of nitrogens with zero attached hydrogens (tertiary/aromatic N) is 1. The van der Waals surface area contributed by atoms with Gasteiger partial charge in [0, 0.05) is 6.42 Å². The second-order valence-electron chi connectivity index (χ2n) is 9.16. The molecule has 0 aliphatic rings. The van der Waals surface area contributed by atoms with Crippen molar-refractivity contribution in [2.75, 3.05) is 33.7 Å². The Morgan fingerprint density at radius 2 is 1.31 bits per heavy atom. The van der Waals surface area contributed by atoms with Crippen LogP contribution in [0.3, 0.4) is 0 Å². The van der Waals surface area contributed by atoms with Crippen molar-refractivity contribution in [3.05, 3.63) is 12.7 Å². The lowest BCUT2D eigenvalue weighted by molar-refractivity contribution is -0.889. The minimum Gasteiger partial charge on any atom is -0.350 e. The van der Waals surface area contributed by atoms with E-state index in [1.165, 1.54) is 90.0 Å². The molecule has 1 N–H and O–H groups in total. The molecule has 0 aliphatic carbocycles. The van der Waals surface area contributed by atoms with E-state index in [9.17, 15) is 4.79 Å². The van der Waals surface area contributed by atoms with Gasteiger partial charge in [0.15, 0.2) is 0 Å². The van der Waals surface area contributed by atoms with Gasteiger partial charge in [0.05, 0.1) is 33.7 Å². The number of unbranched alkanes of at least 4 members (excludes halogenated alkanes) is 13. The minimum absolute atomic E-state index is 0. The van der Waals surface area contributed by atoms with Gasteiger partial charge in [-0.2, -0.15) is 0 Å². The maximum Gasteiger partial charge on any atom is 0.220 e. The van der Waals surface area contributed by atoms with E-state index in [1.807, 2.05) is 6.08 Å². The van der Waals surface area contributed by atoms with E-state index in [1.54, 1.807) is 0 Å². The first kappa shape index (κ1) is 30.8. The predicted octanol–water partition coefficient (Wildman–Crippen LogP) is 7.20. The van der Waals surface area contributed by atoms with Crippen LogP contribution in [0.4, 0.5) is 0 Å². The third-order valence-corrected chi connectivity index (χ3v) is 5.72. The molecule has 0 radical (unpaired) electrons. The van der Waals surface area contributed by atoms with Gasteiger partial charge in [-0.05, 0) is 32.1 Å². The second kappa shape index (κ2) is 22.3. The molecule has 0 aliphatic heterocycles. The van der Waals surface area contributed by atoms with Gasteiger partial charge in [0.25, 0.3) is 0 Å². The van der Waals surface area contributed by atoms with Crippen LogP contribution in [0.1, 0.15) is 110 Å². The van der Waals surface area contributed by atoms with E-state index in [-0.39, 0.29) is 22.9 Å². The molecule has 0 unspecified atom stereocenters. The Kier molecular flexibility index (Phi) is 23.8. The number of likely N-dealkylation sites (N-methyl/N-ethyl adjacent to an activating group) is 1. The highest BCUT2D eigenvalue weighted by Gasteiger charge is 2.14. The predicted molar refractivity (Wildman–Crippen MR) is 135 cm³/mol. The maximum atomic E-state index is 12.0. The van der Waals surface area contributed by atoms with Gasteiger partial charge in [-0.15, -0.1) is 23.6 Å². The monoisotopic (exact) mass is 475 g/mol. The number of amides is 1. The van der Waals surface area contributed by atoms with Crippen LogP contribution in [-0.4, -0.2) is 44.1 Å². The molecule has 0 saturated carbocycles. The SMILES string of the molecule is Br.C=CCCCCCCCCC(=O)NCC[N+](C)(C)CCCCCCCCCC. The molecule has 1 amide bonds. The van der Waals surface area contributed by atoms with E-state index in [0.29, 0.717) is 6.42 Å². The van der Waals surface area contributed by atoms with Crippen LogP contribution in [0.15, 0.2) is 12.7 Å². The summed E-state index contributed by atoms with van der Waals surface area (Å²) < 4.78 is 1.01. The van der Waals surface area contributed by atoms with Crippen molar-refractivity contribution < 1.29 is 9.28 Å². The average molecular weight is 477 g/mol. The van der Waals surface area contributed by atoms with Gasteiger partial charge < -0.3 is 9.80 Å². The fourth-order valence-electron chi connectivity index (χ4n) is 3.65. The molecule has 0 aromatic heterocycles. The molecule has 174 valence electrons. The highest BCUT2D eigenvalue weighted by Crippen LogP contribution is 2.10. The Bertz CT molecular complexity index is 372. The lowest BCUT2D eigenvalue weighted by Crippen LogP contribution is -2.45. The van der Waals surface area contributed by atoms with Crippen molar-refractivity contribution in [2.24, 2.45) is 0 Å². The van der Waals surface area contributed by atoms with Crippen molar-refractivity contribution in [3.63, 3.8) is 0 Å². The fourth-order valence-corrected chi connectivity index (χ4v) is 3.65. The summed E-state index contributed by atoms with van der Waals surface area (Å²) in [6.45, 7) is 9.09. The molecule has 0 atom stereocenters. The Balaban J connectivity index is 0. The Labute approximate surface area is 193 Å². The number of quaternary nitrogens is 1. The number of nitrogens with one attached hydrogen (secondary N) is 1. The largest absolute Gasteiger partial charge is 0.350 e. The molecule has 29 heavy (non-hydrogen) atoms. The molecule has 0 spiro atoms. The number of hydrogen-bond donors (Lipinski definition) is 1. The van der Waals surface area contributed by atoms with Crippen molar-refractivity contribution in [3.8, 4) is 0 Å². The van der Waals surface area contributed by atoms with E-state index in [2.05, 4.69) is 32.9 Å². The summed E-state index contributed by atoms with van der Waals surface area (Å²) in [7, 11) is 4.58. The van der Waals surface area contributed by atoms with E-state index < -0.39 is 0 Å². The van der Waals surface area contributed by atoms with Crippen molar-refractivity contribution >= 4 is 22.9 Å². The molecule has 3 nitrogen and oxygen atoms in total. The summed E-state index contributed by atoms with van der Waals surface area (Å²) in [4.78, 5) is 12.0. The van der Waals surface area contributed by atoms with Crippen LogP contribution >= 0.6 is 17.0 Å². The first-order valence-corrected chi connectivity index (χ1v) is 12.2. The number of allylic oxidation sites excluding steroid dienone is 1. The van der Waals surface area contributed by atoms with E-state index in [0.717, 1.165) is 30.4 Å². The van der Waals surface area contributed by atoms with Crippen LogP contribution < -0.4 is 5.32 Å². The van der Waals surface area contributed by atoms with Gasteiger partial charge in [-0.25, -0.2) is 0 Å². The number of rotatable bonds is 21. The highest BCUT2D eigenvalue weighted by molar-refractivity contribution is 8.93. The summed E-state index contributed by atoms with van der Waals surface area (Å²) in [5.74, 6) is 0.235. The van der Waals surface area contributed by atoms with Crippen LogP contribution in [0.5, 0.6) is 0 Å². The zero-order chi connectivity index (χ0) is 20.9. The zero-order valence-corrected chi connectivity index (χ0v) is 21.7. The lowest BCUT2D eigenvalue weighted by Gasteiger charge is -2.30. The minimum atomic E-state index is 0. The zero-order valence-electron chi connectivity index (χ0n) is 20.0. The topological polar surface area (TPSA) is 29.1 Å². The highest BCUT2D eigenvalue weighted by atomic mass is 79.9. The number of carbonyl (C=O) groups is 1. The van der Waals surface area contributed by atoms with Gasteiger partial charge in [-0.3, -0.25) is 4.79 Å². The van der Waals surface area contributed by atoms with Crippen LogP contribution in [0.25, 0.3) is 0 Å². The molecule has 0 rings (SSSR count). The quantitative estimate of drug-likeness (QED) is 0.106. The van der Waals surface area contributed by atoms with Crippen LogP contribution in [0, 0.1) is 0 Å². The Morgan fingerprint density at radius 3 is 1.90 bits per heavy atom. The Hall–Kier alpha value is -0.350. The molecule has 0 saturated heterocycles. The van der Waals surface area contributed by atoms with Gasteiger partial charge >= 0.3 is 0 Å². The molecular formula is C25H52BrN2O+. The summed E-state index contributed by atoms with van der Waals surface area (Å²) in [5, 5.41) is 3.12. The van der Waals surface area contributed by atoms with Gasteiger partial charge in [-0.1, -0.05) is 77.2 Å². The molecule has 0 aromatic rings. The molecule has 4 heteroatoms. The Morgan fingerprint density at radius 1 is 0.793 bits per heavy atom. The molecule has 0 aromatic carbocycles.